The number of amides is 1. The predicted molar refractivity (Wildman–Crippen MR) is 71.4 cm³/mol. The van der Waals surface area contributed by atoms with Crippen LogP contribution < -0.4 is 0 Å². The predicted octanol–water partition coefficient (Wildman–Crippen LogP) is 1.95. The van der Waals surface area contributed by atoms with Gasteiger partial charge in [-0.2, -0.15) is 0 Å². The number of aryl methyl sites for hydroxylation is 1. The molecular weight excluding hydrogens is 226 g/mol. The van der Waals surface area contributed by atoms with E-state index in [0.29, 0.717) is 19.5 Å². The molecule has 1 heterocycles. The summed E-state index contributed by atoms with van der Waals surface area (Å²) in [5.74, 6) is 0.383. The van der Waals surface area contributed by atoms with E-state index in [1.807, 2.05) is 0 Å². The lowest BCUT2D eigenvalue weighted by Gasteiger charge is -2.36. The molecule has 18 heavy (non-hydrogen) atoms. The van der Waals surface area contributed by atoms with Crippen LogP contribution in [-0.4, -0.2) is 35.1 Å². The first-order valence-electron chi connectivity index (χ1n) is 6.64. The SMILES string of the molecule is CCc1ccc(C(C)CC(=O)N2CC(O)C2)cc1. The Labute approximate surface area is 108 Å². The number of hydrogen-bond acceptors (Lipinski definition) is 2. The first kappa shape index (κ1) is 13.1. The van der Waals surface area contributed by atoms with Crippen molar-refractivity contribution >= 4 is 5.91 Å². The van der Waals surface area contributed by atoms with E-state index in [9.17, 15) is 9.90 Å². The zero-order valence-corrected chi connectivity index (χ0v) is 11.1. The molecule has 0 aromatic heterocycles. The van der Waals surface area contributed by atoms with E-state index in [2.05, 4.69) is 38.1 Å². The third-order valence-corrected chi connectivity index (χ3v) is 3.65. The van der Waals surface area contributed by atoms with Crippen LogP contribution in [0.25, 0.3) is 0 Å². The number of β-amino-alcohol motifs (C(OH)–C–C–N with tert-alkyl or cyclic N) is 1. The molecule has 1 fully saturated rings. The van der Waals surface area contributed by atoms with Crippen molar-refractivity contribution < 1.29 is 9.90 Å². The lowest BCUT2D eigenvalue weighted by molar-refractivity contribution is -0.141. The second kappa shape index (κ2) is 5.53. The van der Waals surface area contributed by atoms with E-state index in [4.69, 9.17) is 0 Å². The van der Waals surface area contributed by atoms with Crippen molar-refractivity contribution in [2.45, 2.75) is 38.7 Å². The Morgan fingerprint density at radius 3 is 2.50 bits per heavy atom. The van der Waals surface area contributed by atoms with Crippen molar-refractivity contribution in [1.29, 1.82) is 0 Å². The Balaban J connectivity index is 1.90. The van der Waals surface area contributed by atoms with Crippen LogP contribution in [0.15, 0.2) is 24.3 Å². The molecule has 1 atom stereocenters. The first-order chi connectivity index (χ1) is 8.60. The van der Waals surface area contributed by atoms with Crippen LogP contribution in [0.4, 0.5) is 0 Å². The van der Waals surface area contributed by atoms with Gasteiger partial charge in [0.2, 0.25) is 5.91 Å². The van der Waals surface area contributed by atoms with Crippen molar-refractivity contribution in [2.24, 2.45) is 0 Å². The summed E-state index contributed by atoms with van der Waals surface area (Å²) in [6.45, 7) is 5.22. The van der Waals surface area contributed by atoms with Gasteiger partial charge in [0.15, 0.2) is 0 Å². The van der Waals surface area contributed by atoms with E-state index in [-0.39, 0.29) is 17.9 Å². The van der Waals surface area contributed by atoms with Crippen LogP contribution in [0.1, 0.15) is 37.3 Å². The third-order valence-electron chi connectivity index (χ3n) is 3.65. The number of likely N-dealkylation sites (tertiary alicyclic amines) is 1. The number of nitrogens with zero attached hydrogens (tertiary/aromatic N) is 1. The fourth-order valence-corrected chi connectivity index (χ4v) is 2.25. The standard InChI is InChI=1S/C15H21NO2/c1-3-12-4-6-13(7-5-12)11(2)8-15(18)16-9-14(17)10-16/h4-7,11,14,17H,3,8-10H2,1-2H3. The van der Waals surface area contributed by atoms with Crippen molar-refractivity contribution in [3.05, 3.63) is 35.4 Å². The zero-order valence-electron chi connectivity index (χ0n) is 11.1. The average molecular weight is 247 g/mol. The van der Waals surface area contributed by atoms with Gasteiger partial charge in [-0.1, -0.05) is 38.1 Å². The minimum absolute atomic E-state index is 0.146. The topological polar surface area (TPSA) is 40.5 Å². The van der Waals surface area contributed by atoms with Gasteiger partial charge < -0.3 is 10.0 Å². The summed E-state index contributed by atoms with van der Waals surface area (Å²) in [5.41, 5.74) is 2.53. The maximum atomic E-state index is 11.9. The number of carbonyl (C=O) groups is 1. The van der Waals surface area contributed by atoms with Crippen molar-refractivity contribution in [2.75, 3.05) is 13.1 Å². The molecule has 1 N–H and O–H groups in total. The summed E-state index contributed by atoms with van der Waals surface area (Å²) < 4.78 is 0. The van der Waals surface area contributed by atoms with Crippen LogP contribution in [-0.2, 0) is 11.2 Å². The number of aliphatic hydroxyl groups is 1. The summed E-state index contributed by atoms with van der Waals surface area (Å²) in [4.78, 5) is 13.6. The van der Waals surface area contributed by atoms with E-state index >= 15 is 0 Å². The maximum absolute atomic E-state index is 11.9. The van der Waals surface area contributed by atoms with Gasteiger partial charge in [-0.25, -0.2) is 0 Å². The quantitative estimate of drug-likeness (QED) is 0.883. The molecule has 1 aliphatic heterocycles. The van der Waals surface area contributed by atoms with Gasteiger partial charge >= 0.3 is 0 Å². The second-order valence-electron chi connectivity index (χ2n) is 5.15. The monoisotopic (exact) mass is 247 g/mol. The molecule has 1 aliphatic rings. The van der Waals surface area contributed by atoms with Crippen LogP contribution >= 0.6 is 0 Å². The van der Waals surface area contributed by atoms with E-state index in [0.717, 1.165) is 6.42 Å². The van der Waals surface area contributed by atoms with Crippen LogP contribution in [0.2, 0.25) is 0 Å². The van der Waals surface area contributed by atoms with E-state index < -0.39 is 0 Å². The summed E-state index contributed by atoms with van der Waals surface area (Å²) in [6, 6.07) is 8.48. The molecule has 0 bridgehead atoms. The van der Waals surface area contributed by atoms with Gasteiger partial charge in [-0.3, -0.25) is 4.79 Å². The van der Waals surface area contributed by atoms with Crippen molar-refractivity contribution in [1.82, 2.24) is 4.90 Å². The molecule has 1 unspecified atom stereocenters. The Kier molecular flexibility index (Phi) is 4.02. The lowest BCUT2D eigenvalue weighted by Crippen LogP contribution is -2.53. The number of hydrogen-bond donors (Lipinski definition) is 1. The third kappa shape index (κ3) is 2.91. The molecule has 1 amide bonds. The minimum Gasteiger partial charge on any atom is -0.389 e. The highest BCUT2D eigenvalue weighted by Gasteiger charge is 2.29. The van der Waals surface area contributed by atoms with Gasteiger partial charge in [0.25, 0.3) is 0 Å². The Hall–Kier alpha value is -1.35. The van der Waals surface area contributed by atoms with Crippen molar-refractivity contribution in [3.63, 3.8) is 0 Å². The van der Waals surface area contributed by atoms with Gasteiger partial charge in [-0.05, 0) is 23.5 Å². The Bertz CT molecular complexity index is 407. The molecule has 0 radical (unpaired) electrons. The second-order valence-corrected chi connectivity index (χ2v) is 5.15. The molecule has 1 aromatic carbocycles. The maximum Gasteiger partial charge on any atom is 0.223 e. The largest absolute Gasteiger partial charge is 0.389 e. The lowest BCUT2D eigenvalue weighted by atomic mass is 9.95. The normalized spacial score (nSPS) is 17.4. The number of aliphatic hydroxyl groups excluding tert-OH is 1. The van der Waals surface area contributed by atoms with Gasteiger partial charge in [0.1, 0.15) is 0 Å². The molecule has 3 nitrogen and oxygen atoms in total. The number of rotatable bonds is 4. The van der Waals surface area contributed by atoms with Gasteiger partial charge in [0, 0.05) is 19.5 Å². The van der Waals surface area contributed by atoms with Crippen LogP contribution in [0, 0.1) is 0 Å². The number of benzene rings is 1. The average Bonchev–Trinajstić information content (AvgIpc) is 2.35. The van der Waals surface area contributed by atoms with Crippen LogP contribution in [0.3, 0.4) is 0 Å². The molecular formula is C15H21NO2. The van der Waals surface area contributed by atoms with E-state index in [1.54, 1.807) is 4.90 Å². The minimum atomic E-state index is -0.312. The summed E-state index contributed by atoms with van der Waals surface area (Å²) >= 11 is 0. The molecule has 0 spiro atoms. The van der Waals surface area contributed by atoms with Crippen molar-refractivity contribution in [3.8, 4) is 0 Å². The summed E-state index contributed by atoms with van der Waals surface area (Å²) in [7, 11) is 0. The molecule has 1 aromatic rings. The fraction of sp³-hybridized carbons (Fsp3) is 0.533. The fourth-order valence-electron chi connectivity index (χ4n) is 2.25. The zero-order chi connectivity index (χ0) is 13.1. The highest BCUT2D eigenvalue weighted by atomic mass is 16.3. The summed E-state index contributed by atoms with van der Waals surface area (Å²) in [5, 5.41) is 9.18. The van der Waals surface area contributed by atoms with Gasteiger partial charge in [0.05, 0.1) is 6.10 Å². The molecule has 1 saturated heterocycles. The van der Waals surface area contributed by atoms with Crippen LogP contribution in [0.5, 0.6) is 0 Å². The Morgan fingerprint density at radius 2 is 2.00 bits per heavy atom. The highest BCUT2D eigenvalue weighted by molar-refractivity contribution is 5.78. The molecule has 3 heteroatoms. The summed E-state index contributed by atoms with van der Waals surface area (Å²) in [6.07, 6.45) is 1.25. The molecule has 0 saturated carbocycles. The highest BCUT2D eigenvalue weighted by Crippen LogP contribution is 2.22. The molecule has 98 valence electrons. The van der Waals surface area contributed by atoms with E-state index in [1.165, 1.54) is 11.1 Å². The van der Waals surface area contributed by atoms with Gasteiger partial charge in [-0.15, -0.1) is 0 Å². The molecule has 0 aliphatic carbocycles. The molecule has 2 rings (SSSR count). The Morgan fingerprint density at radius 1 is 1.39 bits per heavy atom. The number of carbonyl (C=O) groups excluding carboxylic acids is 1. The first-order valence-corrected chi connectivity index (χ1v) is 6.64. The smallest absolute Gasteiger partial charge is 0.223 e.